The number of halogens is 1. The van der Waals surface area contributed by atoms with E-state index >= 15 is 0 Å². The Balaban J connectivity index is 2.04. The van der Waals surface area contributed by atoms with Crippen molar-refractivity contribution in [3.63, 3.8) is 0 Å². The van der Waals surface area contributed by atoms with Crippen molar-refractivity contribution in [3.05, 3.63) is 78.1 Å². The fourth-order valence-corrected chi connectivity index (χ4v) is 2.64. The number of anilines is 1. The summed E-state index contributed by atoms with van der Waals surface area (Å²) in [5.74, 6) is -0.573. The van der Waals surface area contributed by atoms with Crippen molar-refractivity contribution >= 4 is 22.4 Å². The zero-order valence-electron chi connectivity index (χ0n) is 12.3. The summed E-state index contributed by atoms with van der Waals surface area (Å²) in [5.41, 5.74) is 1.31. The Morgan fingerprint density at radius 2 is 1.64 bits per heavy atom. The van der Waals surface area contributed by atoms with Crippen LogP contribution in [0.3, 0.4) is 0 Å². The molecule has 0 fully saturated rings. The summed E-state index contributed by atoms with van der Waals surface area (Å²) in [6, 6.07) is 20.3. The fourth-order valence-electron chi connectivity index (χ4n) is 2.64. The van der Waals surface area contributed by atoms with Gasteiger partial charge in [-0.05, 0) is 28.5 Å². The predicted octanol–water partition coefficient (Wildman–Crippen LogP) is 4.53. The summed E-state index contributed by atoms with van der Waals surface area (Å²) in [6.45, 7) is 1.80. The molecule has 0 aliphatic carbocycles. The number of rotatable bonds is 3. The number of fused-ring (bicyclic) bond motifs is 1. The first-order valence-corrected chi connectivity index (χ1v) is 7.16. The van der Waals surface area contributed by atoms with E-state index in [-0.39, 0.29) is 5.91 Å². The second-order valence-corrected chi connectivity index (χ2v) is 5.19. The monoisotopic (exact) mass is 293 g/mol. The highest BCUT2D eigenvalue weighted by Crippen LogP contribution is 2.25. The number of amides is 1. The van der Waals surface area contributed by atoms with Gasteiger partial charge in [0.05, 0.1) is 12.2 Å². The molecular formula is C19H16FNO. The first-order valence-electron chi connectivity index (χ1n) is 7.16. The van der Waals surface area contributed by atoms with Gasteiger partial charge >= 0.3 is 0 Å². The number of benzene rings is 3. The van der Waals surface area contributed by atoms with Crippen molar-refractivity contribution in [2.75, 3.05) is 4.90 Å². The Labute approximate surface area is 128 Å². The summed E-state index contributed by atoms with van der Waals surface area (Å²) >= 11 is 0. The van der Waals surface area contributed by atoms with E-state index in [1.807, 2.05) is 42.5 Å². The minimum absolute atomic E-state index is 0.182. The molecule has 0 saturated heterocycles. The molecule has 2 nitrogen and oxygen atoms in total. The number of para-hydroxylation sites is 1. The molecule has 0 saturated carbocycles. The van der Waals surface area contributed by atoms with Crippen LogP contribution in [0.1, 0.15) is 12.5 Å². The zero-order valence-corrected chi connectivity index (χ0v) is 12.3. The molecule has 3 aromatic carbocycles. The third-order valence-corrected chi connectivity index (χ3v) is 3.73. The van der Waals surface area contributed by atoms with Crippen LogP contribution in [-0.2, 0) is 11.3 Å². The van der Waals surface area contributed by atoms with Gasteiger partial charge in [0.15, 0.2) is 0 Å². The van der Waals surface area contributed by atoms with Gasteiger partial charge in [0.2, 0.25) is 5.91 Å². The van der Waals surface area contributed by atoms with Crippen LogP contribution in [0.5, 0.6) is 0 Å². The normalized spacial score (nSPS) is 10.6. The van der Waals surface area contributed by atoms with Crippen LogP contribution < -0.4 is 4.90 Å². The molecule has 3 rings (SSSR count). The maximum atomic E-state index is 14.0. The van der Waals surface area contributed by atoms with Gasteiger partial charge in [-0.15, -0.1) is 0 Å². The molecule has 0 radical (unpaired) electrons. The molecule has 1 amide bonds. The molecule has 22 heavy (non-hydrogen) atoms. The summed E-state index contributed by atoms with van der Waals surface area (Å²) < 4.78 is 14.0. The maximum Gasteiger partial charge on any atom is 0.224 e. The van der Waals surface area contributed by atoms with Gasteiger partial charge in [0.1, 0.15) is 5.82 Å². The molecule has 110 valence electrons. The van der Waals surface area contributed by atoms with Crippen molar-refractivity contribution in [2.45, 2.75) is 13.5 Å². The second kappa shape index (κ2) is 5.98. The molecule has 3 aromatic rings. The van der Waals surface area contributed by atoms with E-state index in [9.17, 15) is 9.18 Å². The number of nitrogens with zero attached hydrogens (tertiary/aromatic N) is 1. The molecule has 0 spiro atoms. The minimum Gasteiger partial charge on any atom is -0.305 e. The van der Waals surface area contributed by atoms with Crippen LogP contribution >= 0.6 is 0 Å². The third kappa shape index (κ3) is 2.70. The smallest absolute Gasteiger partial charge is 0.224 e. The molecule has 0 N–H and O–H groups in total. The highest BCUT2D eigenvalue weighted by Gasteiger charge is 2.16. The second-order valence-electron chi connectivity index (χ2n) is 5.19. The van der Waals surface area contributed by atoms with E-state index in [4.69, 9.17) is 0 Å². The predicted molar refractivity (Wildman–Crippen MR) is 87.2 cm³/mol. The number of hydrogen-bond acceptors (Lipinski definition) is 1. The van der Waals surface area contributed by atoms with Gasteiger partial charge in [-0.1, -0.05) is 54.6 Å². The van der Waals surface area contributed by atoms with Crippen LogP contribution in [0.15, 0.2) is 66.7 Å². The number of carbonyl (C=O) groups is 1. The lowest BCUT2D eigenvalue weighted by Crippen LogP contribution is -2.28. The third-order valence-electron chi connectivity index (χ3n) is 3.73. The molecule has 0 unspecified atom stereocenters. The molecule has 0 aromatic heterocycles. The van der Waals surface area contributed by atoms with Crippen LogP contribution in [0.2, 0.25) is 0 Å². The Bertz CT molecular complexity index is 823. The van der Waals surface area contributed by atoms with Gasteiger partial charge in [0.25, 0.3) is 0 Å². The van der Waals surface area contributed by atoms with E-state index in [0.29, 0.717) is 12.2 Å². The molecular weight excluding hydrogens is 277 g/mol. The van der Waals surface area contributed by atoms with Gasteiger partial charge < -0.3 is 4.90 Å². The summed E-state index contributed by atoms with van der Waals surface area (Å²) in [4.78, 5) is 13.5. The molecule has 0 aliphatic rings. The average Bonchev–Trinajstić information content (AvgIpc) is 2.53. The largest absolute Gasteiger partial charge is 0.305 e. The van der Waals surface area contributed by atoms with E-state index in [1.165, 1.54) is 17.9 Å². The van der Waals surface area contributed by atoms with Gasteiger partial charge in [-0.2, -0.15) is 0 Å². The summed E-state index contributed by atoms with van der Waals surface area (Å²) in [6.07, 6.45) is 0. The number of hydrogen-bond donors (Lipinski definition) is 0. The number of carbonyl (C=O) groups excluding carboxylic acids is 1. The van der Waals surface area contributed by atoms with E-state index < -0.39 is 5.82 Å². The highest BCUT2D eigenvalue weighted by atomic mass is 19.1. The first kappa shape index (κ1) is 14.3. The highest BCUT2D eigenvalue weighted by molar-refractivity contribution is 5.93. The lowest BCUT2D eigenvalue weighted by atomic mass is 10.0. The van der Waals surface area contributed by atoms with E-state index in [0.717, 1.165) is 16.3 Å². The molecule has 3 heteroatoms. The van der Waals surface area contributed by atoms with Crippen molar-refractivity contribution in [1.29, 1.82) is 0 Å². The van der Waals surface area contributed by atoms with E-state index in [2.05, 4.69) is 0 Å². The molecule has 0 atom stereocenters. The Morgan fingerprint density at radius 1 is 0.955 bits per heavy atom. The van der Waals surface area contributed by atoms with Gasteiger partial charge in [-0.3, -0.25) is 4.79 Å². The van der Waals surface area contributed by atoms with Crippen LogP contribution in [0.4, 0.5) is 10.1 Å². The summed E-state index contributed by atoms with van der Waals surface area (Å²) in [7, 11) is 0. The van der Waals surface area contributed by atoms with Crippen LogP contribution in [-0.4, -0.2) is 5.91 Å². The average molecular weight is 293 g/mol. The summed E-state index contributed by atoms with van der Waals surface area (Å²) in [5, 5.41) is 2.18. The Kier molecular flexibility index (Phi) is 3.88. The van der Waals surface area contributed by atoms with Crippen molar-refractivity contribution in [2.24, 2.45) is 0 Å². The van der Waals surface area contributed by atoms with E-state index in [1.54, 1.807) is 18.2 Å². The maximum absolute atomic E-state index is 14.0. The van der Waals surface area contributed by atoms with Crippen LogP contribution in [0.25, 0.3) is 10.8 Å². The minimum atomic E-state index is -0.391. The van der Waals surface area contributed by atoms with Crippen molar-refractivity contribution < 1.29 is 9.18 Å². The molecule has 0 bridgehead atoms. The molecule has 0 aliphatic heterocycles. The Morgan fingerprint density at radius 3 is 2.41 bits per heavy atom. The lowest BCUT2D eigenvalue weighted by molar-refractivity contribution is -0.116. The zero-order chi connectivity index (χ0) is 15.5. The first-order chi connectivity index (χ1) is 10.7. The van der Waals surface area contributed by atoms with Crippen LogP contribution in [0, 0.1) is 5.82 Å². The van der Waals surface area contributed by atoms with Crippen molar-refractivity contribution in [3.8, 4) is 0 Å². The fraction of sp³-hybridized carbons (Fsp3) is 0.105. The lowest BCUT2D eigenvalue weighted by Gasteiger charge is -2.22. The topological polar surface area (TPSA) is 20.3 Å². The van der Waals surface area contributed by atoms with Crippen molar-refractivity contribution in [1.82, 2.24) is 0 Å². The molecule has 0 heterocycles. The quantitative estimate of drug-likeness (QED) is 0.694. The van der Waals surface area contributed by atoms with Gasteiger partial charge in [-0.25, -0.2) is 4.39 Å². The van der Waals surface area contributed by atoms with Gasteiger partial charge in [0, 0.05) is 6.92 Å². The standard InChI is InChI=1S/C19H16FNO/c1-14(22)21(19-12-5-4-11-18(19)20)13-16-9-6-8-15-7-2-3-10-17(15)16/h2-12H,13H2,1H3. The SMILES string of the molecule is CC(=O)N(Cc1cccc2ccccc12)c1ccccc1F. The Hall–Kier alpha value is -2.68.